The number of rotatable bonds is 7. The second-order valence-corrected chi connectivity index (χ2v) is 48.3. The van der Waals surface area contributed by atoms with Crippen molar-refractivity contribution < 1.29 is 0 Å². The van der Waals surface area contributed by atoms with E-state index in [-0.39, 0.29) is 6.15 Å². The normalized spacial score (nSPS) is 11.1. The third-order valence-corrected chi connectivity index (χ3v) is 42.2. The number of nitrogens with one attached hydrogen (secondary N) is 3. The maximum Gasteiger partial charge on any atom is 0.158 e. The molecule has 0 fully saturated rings. The summed E-state index contributed by atoms with van der Waals surface area (Å²) in [4.78, 5) is 2.38. The summed E-state index contributed by atoms with van der Waals surface area (Å²) in [5, 5.41) is 12.7. The Kier molecular flexibility index (Phi) is 43.4. The summed E-state index contributed by atoms with van der Waals surface area (Å²) in [6.07, 6.45) is 0. The van der Waals surface area contributed by atoms with E-state index in [1.165, 1.54) is 31.7 Å². The summed E-state index contributed by atoms with van der Waals surface area (Å²) >= 11 is 12.2. The molecule has 0 heterocycles. The standard InChI is InChI=1S/C7H22N2Si2.C6H15N.C4H12Cl2Si2.C2H8N2.C2H7N.CH4N2.H3N/c1-9(2)8-11(6,7)10(3,4)5;1-4-7(5-2)6-3;1-7(2,5)8(3,4)6;1-4(2)3;2*1-3-2;/h8H,1-7H3;4-6H2,1-3H3;1-4H3;3H2,1-2H3;3H,1-2H3;2H,1H3;1H3. The highest BCUT2D eigenvalue weighted by atomic mass is 35.6. The maximum absolute atomic E-state index is 6.08. The summed E-state index contributed by atoms with van der Waals surface area (Å²) in [6.45, 7) is 27.7. The molecule has 0 aromatic rings. The van der Waals surface area contributed by atoms with E-state index in [4.69, 9.17) is 33.5 Å². The van der Waals surface area contributed by atoms with Crippen molar-refractivity contribution in [2.45, 2.75) is 79.7 Å². The third kappa shape index (κ3) is 50.2. The molecule has 0 amide bonds. The number of hydrazine groups is 2. The van der Waals surface area contributed by atoms with Crippen molar-refractivity contribution in [3.63, 3.8) is 0 Å². The molecular formula is C22H71Cl2N9Si4. The molecule has 37 heavy (non-hydrogen) atoms. The Balaban J connectivity index is -0.0000000621. The molecule has 0 aromatic heterocycles. The Bertz CT molecular complexity index is 433. The van der Waals surface area contributed by atoms with Crippen molar-refractivity contribution >= 4 is 51.3 Å². The monoisotopic (exact) mass is 643 g/mol. The first-order chi connectivity index (χ1) is 15.8. The number of hydrogen-bond donors (Lipinski definition) is 5. The highest BCUT2D eigenvalue weighted by Crippen LogP contribution is 2.25. The summed E-state index contributed by atoms with van der Waals surface area (Å²) in [6, 6.07) is 0. The minimum Gasteiger partial charge on any atom is -0.344 e. The van der Waals surface area contributed by atoms with Crippen LogP contribution < -0.4 is 22.4 Å². The van der Waals surface area contributed by atoms with Gasteiger partial charge in [-0.15, -0.1) is 0 Å². The average Bonchev–Trinajstić information content (AvgIpc) is 2.61. The van der Waals surface area contributed by atoms with Gasteiger partial charge in [0.15, 0.2) is 13.8 Å². The molecule has 15 heteroatoms. The van der Waals surface area contributed by atoms with Gasteiger partial charge in [-0.05, 0) is 33.7 Å². The summed E-state index contributed by atoms with van der Waals surface area (Å²) in [5.41, 5.74) is 5.83. The lowest BCUT2D eigenvalue weighted by atomic mass is 10.5. The predicted molar refractivity (Wildman–Crippen MR) is 187 cm³/mol. The average molecular weight is 645 g/mol. The predicted octanol–water partition coefficient (Wildman–Crippen LogP) is 6.04. The second kappa shape index (κ2) is 29.7. The highest BCUT2D eigenvalue weighted by molar-refractivity contribution is 7.70. The van der Waals surface area contributed by atoms with Crippen LogP contribution in [0.1, 0.15) is 20.8 Å². The minimum atomic E-state index is -1.48. The molecule has 0 aromatic carbocycles. The Morgan fingerprint density at radius 1 is 0.757 bits per heavy atom. The van der Waals surface area contributed by atoms with Gasteiger partial charge in [0.05, 0.1) is 7.59 Å². The first-order valence-corrected chi connectivity index (χ1v) is 29.2. The molecule has 0 unspecified atom stereocenters. The number of hydrogen-bond acceptors (Lipinski definition) is 9. The lowest BCUT2D eigenvalue weighted by molar-refractivity contribution is 0.321. The quantitative estimate of drug-likeness (QED) is 0.0751. The zero-order valence-corrected chi connectivity index (χ0v) is 34.0. The zero-order chi connectivity index (χ0) is 31.0. The molecule has 234 valence electrons. The molecule has 0 aliphatic heterocycles. The van der Waals surface area contributed by atoms with E-state index in [1.807, 2.05) is 14.1 Å². The van der Waals surface area contributed by atoms with Crippen molar-refractivity contribution in [2.24, 2.45) is 11.0 Å². The maximum atomic E-state index is 6.08. The van der Waals surface area contributed by atoms with Gasteiger partial charge in [0, 0.05) is 35.2 Å². The van der Waals surface area contributed by atoms with Crippen molar-refractivity contribution in [3.05, 3.63) is 0 Å². The fraction of sp³-hybridized carbons (Fsp3) is 1.00. The number of nitrogens with two attached hydrogens (primary N) is 1. The fourth-order valence-corrected chi connectivity index (χ4v) is 4.53. The van der Waals surface area contributed by atoms with E-state index in [0.717, 1.165) is 0 Å². The van der Waals surface area contributed by atoms with Crippen LogP contribution in [0.25, 0.3) is 0 Å². The molecule has 0 saturated carbocycles. The minimum absolute atomic E-state index is 0. The Labute approximate surface area is 247 Å². The van der Waals surface area contributed by atoms with Gasteiger partial charge in [-0.3, -0.25) is 21.0 Å². The van der Waals surface area contributed by atoms with E-state index in [0.29, 0.717) is 0 Å². The molecular weight excluding hydrogens is 574 g/mol. The fourth-order valence-electron chi connectivity index (χ4n) is 1.40. The van der Waals surface area contributed by atoms with Crippen LogP contribution in [-0.2, 0) is 0 Å². The molecule has 8 N–H and O–H groups in total. The van der Waals surface area contributed by atoms with Crippen LogP contribution >= 0.6 is 22.2 Å². The molecule has 0 aliphatic carbocycles. The molecule has 0 rings (SSSR count). The van der Waals surface area contributed by atoms with E-state index < -0.39 is 29.1 Å². The molecule has 0 saturated heterocycles. The van der Waals surface area contributed by atoms with E-state index >= 15 is 0 Å². The van der Waals surface area contributed by atoms with Crippen molar-refractivity contribution in [3.8, 4) is 0 Å². The van der Waals surface area contributed by atoms with E-state index in [9.17, 15) is 0 Å². The van der Waals surface area contributed by atoms with Crippen molar-refractivity contribution in [2.75, 3.05) is 69.0 Å². The van der Waals surface area contributed by atoms with Crippen LogP contribution in [0.15, 0.2) is 5.11 Å². The van der Waals surface area contributed by atoms with Crippen LogP contribution in [0, 0.1) is 5.53 Å². The summed E-state index contributed by atoms with van der Waals surface area (Å²) in [5.74, 6) is 4.94. The van der Waals surface area contributed by atoms with E-state index in [2.05, 4.69) is 119 Å². The largest absolute Gasteiger partial charge is 0.344 e. The zero-order valence-electron chi connectivity index (χ0n) is 28.5. The van der Waals surface area contributed by atoms with Gasteiger partial charge in [0.25, 0.3) is 0 Å². The van der Waals surface area contributed by atoms with Crippen molar-refractivity contribution in [1.82, 2.24) is 31.5 Å². The Morgan fingerprint density at radius 3 is 0.973 bits per heavy atom. The Hall–Kier alpha value is 0.768. The number of nitrogens with zero attached hydrogens (tertiary/aromatic N) is 4. The van der Waals surface area contributed by atoms with Crippen LogP contribution in [0.4, 0.5) is 0 Å². The van der Waals surface area contributed by atoms with Gasteiger partial charge in [0.2, 0.25) is 0 Å². The molecule has 0 atom stereocenters. The van der Waals surface area contributed by atoms with Gasteiger partial charge in [-0.25, -0.2) is 10.6 Å². The van der Waals surface area contributed by atoms with Crippen LogP contribution in [0.5, 0.6) is 0 Å². The number of halogens is 2. The van der Waals surface area contributed by atoms with Crippen LogP contribution in [-0.4, -0.2) is 113 Å². The first-order valence-electron chi connectivity index (χ1n) is 12.6. The lowest BCUT2D eigenvalue weighted by Crippen LogP contribution is -2.66. The first kappa shape index (κ1) is 53.9. The van der Waals surface area contributed by atoms with Gasteiger partial charge in [-0.1, -0.05) is 79.7 Å². The molecule has 9 nitrogen and oxygen atoms in total. The molecule has 0 aliphatic rings. The van der Waals surface area contributed by atoms with Gasteiger partial charge >= 0.3 is 0 Å². The SMILES string of the molecule is CCN(CC)CC.CN(C)N.CN(C)N[Si](C)(C)[Si](C)(C)C.CN=N.CNC.C[Si](C)(Cl)[Si](C)(C)Cl.N. The van der Waals surface area contributed by atoms with Gasteiger partial charge < -0.3 is 16.4 Å². The van der Waals surface area contributed by atoms with Gasteiger partial charge in [0.1, 0.15) is 7.75 Å². The molecule has 0 spiro atoms. The molecule has 0 radical (unpaired) electrons. The smallest absolute Gasteiger partial charge is 0.158 e. The topological polar surface area (TPSA) is 131 Å². The van der Waals surface area contributed by atoms with Crippen LogP contribution in [0.2, 0.25) is 58.9 Å². The summed E-state index contributed by atoms with van der Waals surface area (Å²) in [7, 11) is 10.8. The van der Waals surface area contributed by atoms with Crippen LogP contribution in [0.3, 0.4) is 0 Å². The lowest BCUT2D eigenvalue weighted by Gasteiger charge is -2.38. The highest BCUT2D eigenvalue weighted by Gasteiger charge is 2.38. The molecule has 0 bridgehead atoms. The van der Waals surface area contributed by atoms with Crippen molar-refractivity contribution in [1.29, 1.82) is 5.53 Å². The van der Waals surface area contributed by atoms with Gasteiger partial charge in [-0.2, -0.15) is 22.2 Å². The Morgan fingerprint density at radius 2 is 0.946 bits per heavy atom. The second-order valence-electron chi connectivity index (χ2n) is 11.1. The van der Waals surface area contributed by atoms with E-state index in [1.54, 1.807) is 14.1 Å². The summed E-state index contributed by atoms with van der Waals surface area (Å²) < 4.78 is 0. The third-order valence-electron chi connectivity index (χ3n) is 5.13.